The van der Waals surface area contributed by atoms with Gasteiger partial charge in [-0.05, 0) is 34.2 Å². The van der Waals surface area contributed by atoms with Crippen molar-refractivity contribution in [3.05, 3.63) is 16.4 Å². The number of rotatable bonds is 1. The molecule has 0 unspecified atom stereocenters. The molecule has 0 N–H and O–H groups in total. The minimum absolute atomic E-state index is 0.0790. The van der Waals surface area contributed by atoms with Crippen LogP contribution < -0.4 is 0 Å². The zero-order valence-electron chi connectivity index (χ0n) is 10.5. The maximum atomic E-state index is 12.4. The predicted octanol–water partition coefficient (Wildman–Crippen LogP) is 2.30. The Kier molecular flexibility index (Phi) is 3.56. The summed E-state index contributed by atoms with van der Waals surface area (Å²) in [4.78, 5) is 14.4. The Balaban J connectivity index is 2.20. The van der Waals surface area contributed by atoms with Crippen molar-refractivity contribution in [1.82, 2.24) is 14.7 Å². The van der Waals surface area contributed by atoms with Crippen LogP contribution in [0.4, 0.5) is 0 Å². The molecule has 0 radical (unpaired) electrons. The number of nitrogens with zero attached hydrogens (tertiary/aromatic N) is 3. The van der Waals surface area contributed by atoms with E-state index in [1.54, 1.807) is 17.9 Å². The number of amides is 1. The van der Waals surface area contributed by atoms with Gasteiger partial charge in [0.25, 0.3) is 5.91 Å². The molecule has 0 bridgehead atoms. The quantitative estimate of drug-likeness (QED) is 0.798. The van der Waals surface area contributed by atoms with Crippen molar-refractivity contribution in [3.8, 4) is 0 Å². The van der Waals surface area contributed by atoms with Crippen molar-refractivity contribution < 1.29 is 4.79 Å². The van der Waals surface area contributed by atoms with Crippen LogP contribution in [0.2, 0.25) is 0 Å². The SMILES string of the molecule is C[C@@H]1C[C@@H](C)CN(C(=O)c2c(Br)cnn2C)C1. The van der Waals surface area contributed by atoms with E-state index in [1.165, 1.54) is 6.42 Å². The van der Waals surface area contributed by atoms with E-state index in [0.717, 1.165) is 17.6 Å². The molecule has 2 rings (SSSR count). The summed E-state index contributed by atoms with van der Waals surface area (Å²) in [5.74, 6) is 1.24. The summed E-state index contributed by atoms with van der Waals surface area (Å²) in [5, 5.41) is 4.09. The van der Waals surface area contributed by atoms with Crippen LogP contribution in [0.15, 0.2) is 10.7 Å². The molecular formula is C12H18BrN3O. The van der Waals surface area contributed by atoms with Gasteiger partial charge >= 0.3 is 0 Å². The van der Waals surface area contributed by atoms with Gasteiger partial charge in [-0.15, -0.1) is 0 Å². The molecule has 1 aromatic heterocycles. The largest absolute Gasteiger partial charge is 0.337 e. The molecule has 5 heteroatoms. The summed E-state index contributed by atoms with van der Waals surface area (Å²) in [6.07, 6.45) is 2.88. The Morgan fingerprint density at radius 1 is 1.41 bits per heavy atom. The van der Waals surface area contributed by atoms with Crippen LogP contribution in [-0.4, -0.2) is 33.7 Å². The van der Waals surface area contributed by atoms with E-state index in [4.69, 9.17) is 0 Å². The molecule has 4 nitrogen and oxygen atoms in total. The minimum Gasteiger partial charge on any atom is -0.337 e. The molecule has 1 saturated heterocycles. The number of carbonyl (C=O) groups is 1. The summed E-state index contributed by atoms with van der Waals surface area (Å²) in [7, 11) is 1.80. The van der Waals surface area contributed by atoms with Crippen LogP contribution in [0.1, 0.15) is 30.8 Å². The van der Waals surface area contributed by atoms with Crippen LogP contribution >= 0.6 is 15.9 Å². The first-order valence-corrected chi connectivity index (χ1v) is 6.75. The molecule has 2 atom stereocenters. The van der Waals surface area contributed by atoms with Gasteiger partial charge in [0, 0.05) is 20.1 Å². The lowest BCUT2D eigenvalue weighted by Crippen LogP contribution is -2.43. The summed E-state index contributed by atoms with van der Waals surface area (Å²) in [6, 6.07) is 0. The zero-order valence-corrected chi connectivity index (χ0v) is 12.1. The average molecular weight is 300 g/mol. The molecule has 17 heavy (non-hydrogen) atoms. The number of hydrogen-bond donors (Lipinski definition) is 0. The highest BCUT2D eigenvalue weighted by Gasteiger charge is 2.28. The van der Waals surface area contributed by atoms with Gasteiger partial charge in [0.15, 0.2) is 0 Å². The molecule has 2 heterocycles. The number of hydrogen-bond acceptors (Lipinski definition) is 2. The summed E-state index contributed by atoms with van der Waals surface area (Å²) < 4.78 is 2.41. The second kappa shape index (κ2) is 4.80. The van der Waals surface area contributed by atoms with Gasteiger partial charge in [0.05, 0.1) is 10.7 Å². The van der Waals surface area contributed by atoms with Gasteiger partial charge in [-0.1, -0.05) is 13.8 Å². The third kappa shape index (κ3) is 2.54. The summed E-state index contributed by atoms with van der Waals surface area (Å²) in [5.41, 5.74) is 0.645. The molecule has 1 aliphatic heterocycles. The fourth-order valence-corrected chi connectivity index (χ4v) is 3.15. The first-order chi connectivity index (χ1) is 7.99. The van der Waals surface area contributed by atoms with Gasteiger partial charge < -0.3 is 4.90 Å². The fourth-order valence-electron chi connectivity index (χ4n) is 2.63. The fraction of sp³-hybridized carbons (Fsp3) is 0.667. The molecule has 1 aromatic rings. The van der Waals surface area contributed by atoms with Crippen molar-refractivity contribution in [2.45, 2.75) is 20.3 Å². The Hall–Kier alpha value is -0.840. The molecule has 1 aliphatic rings. The van der Waals surface area contributed by atoms with Gasteiger partial charge in [0.2, 0.25) is 0 Å². The van der Waals surface area contributed by atoms with E-state index >= 15 is 0 Å². The van der Waals surface area contributed by atoms with E-state index in [9.17, 15) is 4.79 Å². The predicted molar refractivity (Wildman–Crippen MR) is 69.8 cm³/mol. The Morgan fingerprint density at radius 2 is 2.00 bits per heavy atom. The molecule has 94 valence electrons. The Morgan fingerprint density at radius 3 is 2.47 bits per heavy atom. The maximum absolute atomic E-state index is 12.4. The average Bonchev–Trinajstić information content (AvgIpc) is 2.56. The standard InChI is InChI=1S/C12H18BrN3O/c1-8-4-9(2)7-16(6-8)12(17)11-10(13)5-14-15(11)3/h5,8-9H,4,6-7H2,1-3H3/t8-,9-/m1/s1. The first kappa shape index (κ1) is 12.6. The minimum atomic E-state index is 0.0790. The summed E-state index contributed by atoms with van der Waals surface area (Å²) in [6.45, 7) is 6.10. The number of carbonyl (C=O) groups excluding carboxylic acids is 1. The Labute approximate surface area is 110 Å². The molecule has 1 fully saturated rings. The molecule has 0 aromatic carbocycles. The van der Waals surface area contributed by atoms with Crippen LogP contribution in [0.25, 0.3) is 0 Å². The third-order valence-corrected chi connectivity index (χ3v) is 3.83. The van der Waals surface area contributed by atoms with Gasteiger partial charge in [-0.25, -0.2) is 0 Å². The van der Waals surface area contributed by atoms with Gasteiger partial charge in [0.1, 0.15) is 5.69 Å². The molecular weight excluding hydrogens is 282 g/mol. The monoisotopic (exact) mass is 299 g/mol. The van der Waals surface area contributed by atoms with Crippen LogP contribution in [0.5, 0.6) is 0 Å². The molecule has 1 amide bonds. The van der Waals surface area contributed by atoms with Crippen molar-refractivity contribution in [3.63, 3.8) is 0 Å². The zero-order chi connectivity index (χ0) is 12.6. The van der Waals surface area contributed by atoms with Crippen LogP contribution in [0.3, 0.4) is 0 Å². The van der Waals surface area contributed by atoms with E-state index < -0.39 is 0 Å². The molecule has 0 aliphatic carbocycles. The lowest BCUT2D eigenvalue weighted by atomic mass is 9.92. The highest BCUT2D eigenvalue weighted by molar-refractivity contribution is 9.10. The second-order valence-corrected chi connectivity index (χ2v) is 5.98. The number of likely N-dealkylation sites (tertiary alicyclic amines) is 1. The van der Waals surface area contributed by atoms with Crippen molar-refractivity contribution in [2.75, 3.05) is 13.1 Å². The van der Waals surface area contributed by atoms with E-state index in [0.29, 0.717) is 17.5 Å². The van der Waals surface area contributed by atoms with Crippen molar-refractivity contribution in [1.29, 1.82) is 0 Å². The van der Waals surface area contributed by atoms with Crippen molar-refractivity contribution in [2.24, 2.45) is 18.9 Å². The van der Waals surface area contributed by atoms with Crippen molar-refractivity contribution >= 4 is 21.8 Å². The number of aryl methyl sites for hydroxylation is 1. The van der Waals surface area contributed by atoms with E-state index in [2.05, 4.69) is 34.9 Å². The number of piperidine rings is 1. The number of halogens is 1. The smallest absolute Gasteiger partial charge is 0.273 e. The summed E-state index contributed by atoms with van der Waals surface area (Å²) >= 11 is 3.38. The topological polar surface area (TPSA) is 38.1 Å². The lowest BCUT2D eigenvalue weighted by Gasteiger charge is -2.35. The molecule has 0 saturated carbocycles. The third-order valence-electron chi connectivity index (χ3n) is 3.25. The maximum Gasteiger partial charge on any atom is 0.273 e. The normalized spacial score (nSPS) is 25.1. The molecule has 0 spiro atoms. The van der Waals surface area contributed by atoms with Gasteiger partial charge in [-0.3, -0.25) is 9.48 Å². The second-order valence-electron chi connectivity index (χ2n) is 5.12. The highest BCUT2D eigenvalue weighted by atomic mass is 79.9. The first-order valence-electron chi connectivity index (χ1n) is 5.95. The van der Waals surface area contributed by atoms with E-state index in [1.807, 2.05) is 4.90 Å². The number of aromatic nitrogens is 2. The lowest BCUT2D eigenvalue weighted by molar-refractivity contribution is 0.0611. The highest BCUT2D eigenvalue weighted by Crippen LogP contribution is 2.24. The van der Waals surface area contributed by atoms with Crippen LogP contribution in [0, 0.1) is 11.8 Å². The Bertz CT molecular complexity index is 400. The van der Waals surface area contributed by atoms with Gasteiger partial charge in [-0.2, -0.15) is 5.10 Å². The van der Waals surface area contributed by atoms with Crippen LogP contribution in [-0.2, 0) is 7.05 Å². The van der Waals surface area contributed by atoms with E-state index in [-0.39, 0.29) is 5.91 Å².